The molecule has 7 heteroatoms. The lowest BCUT2D eigenvalue weighted by Crippen LogP contribution is -2.08. The number of carbonyl (C=O) groups is 1. The number of unbranched alkanes of at least 4 members (excludes halogenated alkanes) is 1. The Labute approximate surface area is 163 Å². The monoisotopic (exact) mass is 381 g/mol. The van der Waals surface area contributed by atoms with Crippen LogP contribution in [0.25, 0.3) is 5.82 Å². The van der Waals surface area contributed by atoms with Crippen LogP contribution in [0.5, 0.6) is 11.6 Å². The van der Waals surface area contributed by atoms with E-state index in [1.807, 2.05) is 25.1 Å². The van der Waals surface area contributed by atoms with E-state index < -0.39 is 5.97 Å². The Hall–Kier alpha value is -3.35. The number of benzene rings is 1. The number of aromatic carboxylic acids is 1. The van der Waals surface area contributed by atoms with Gasteiger partial charge in [-0.1, -0.05) is 25.5 Å². The van der Waals surface area contributed by atoms with Gasteiger partial charge in [-0.2, -0.15) is 9.78 Å². The smallest absolute Gasteiger partial charge is 0.335 e. The molecule has 0 aliphatic rings. The standard InChI is InChI=1S/C21H23N3O4/c1-3-4-11-27-18-12-15(2)5-6-17(18)14-28-20-8-10-23-24(20)19-13-16(21(25)26)7-9-22-19/h5-10,12-13H,3-4,11,14H2,1-2H3,(H,25,26). The van der Waals surface area contributed by atoms with Crippen molar-refractivity contribution in [3.63, 3.8) is 0 Å². The first-order valence-corrected chi connectivity index (χ1v) is 9.17. The fraction of sp³-hybridized carbons (Fsp3) is 0.286. The Kier molecular flexibility index (Phi) is 6.26. The number of carboxylic acid groups (broad SMARTS) is 1. The molecule has 0 amide bonds. The van der Waals surface area contributed by atoms with Crippen molar-refractivity contribution in [1.82, 2.24) is 14.8 Å². The third-order valence-corrected chi connectivity index (χ3v) is 4.17. The molecule has 3 aromatic rings. The van der Waals surface area contributed by atoms with Crippen molar-refractivity contribution in [2.45, 2.75) is 33.3 Å². The first kappa shape index (κ1) is 19.4. The summed E-state index contributed by atoms with van der Waals surface area (Å²) in [4.78, 5) is 15.4. The van der Waals surface area contributed by atoms with Crippen LogP contribution in [0.1, 0.15) is 41.3 Å². The van der Waals surface area contributed by atoms with Crippen molar-refractivity contribution >= 4 is 5.97 Å². The van der Waals surface area contributed by atoms with Gasteiger partial charge in [-0.15, -0.1) is 0 Å². The first-order valence-electron chi connectivity index (χ1n) is 9.17. The van der Waals surface area contributed by atoms with Crippen LogP contribution in [-0.4, -0.2) is 32.4 Å². The molecule has 3 rings (SSSR count). The van der Waals surface area contributed by atoms with E-state index in [1.165, 1.54) is 23.0 Å². The fourth-order valence-corrected chi connectivity index (χ4v) is 2.63. The fourth-order valence-electron chi connectivity index (χ4n) is 2.63. The Balaban J connectivity index is 1.77. The minimum Gasteiger partial charge on any atom is -0.493 e. The highest BCUT2D eigenvalue weighted by Crippen LogP contribution is 2.24. The molecule has 0 fully saturated rings. The zero-order chi connectivity index (χ0) is 19.9. The van der Waals surface area contributed by atoms with Gasteiger partial charge in [0.15, 0.2) is 5.82 Å². The molecule has 0 bridgehead atoms. The van der Waals surface area contributed by atoms with E-state index in [-0.39, 0.29) is 5.56 Å². The minimum atomic E-state index is -1.02. The van der Waals surface area contributed by atoms with Gasteiger partial charge in [0.05, 0.1) is 18.4 Å². The summed E-state index contributed by atoms with van der Waals surface area (Å²) in [5.74, 6) is 0.635. The quantitative estimate of drug-likeness (QED) is 0.563. The number of hydrogen-bond donors (Lipinski definition) is 1. The van der Waals surface area contributed by atoms with Gasteiger partial charge in [-0.05, 0) is 37.1 Å². The van der Waals surface area contributed by atoms with Gasteiger partial charge < -0.3 is 14.6 Å². The molecule has 0 saturated carbocycles. The van der Waals surface area contributed by atoms with E-state index in [9.17, 15) is 4.79 Å². The molecule has 0 atom stereocenters. The van der Waals surface area contributed by atoms with Crippen molar-refractivity contribution in [3.05, 3.63) is 65.5 Å². The summed E-state index contributed by atoms with van der Waals surface area (Å²) in [5, 5.41) is 13.4. The highest BCUT2D eigenvalue weighted by atomic mass is 16.5. The predicted octanol–water partition coefficient (Wildman–Crippen LogP) is 4.03. The maximum absolute atomic E-state index is 11.2. The maximum Gasteiger partial charge on any atom is 0.335 e. The van der Waals surface area contributed by atoms with E-state index in [0.29, 0.717) is 24.9 Å². The zero-order valence-corrected chi connectivity index (χ0v) is 16.0. The molecule has 28 heavy (non-hydrogen) atoms. The van der Waals surface area contributed by atoms with Crippen LogP contribution in [0.4, 0.5) is 0 Å². The molecular formula is C21H23N3O4. The largest absolute Gasteiger partial charge is 0.493 e. The third kappa shape index (κ3) is 4.68. The Morgan fingerprint density at radius 1 is 1.14 bits per heavy atom. The van der Waals surface area contributed by atoms with Gasteiger partial charge in [0.1, 0.15) is 12.4 Å². The zero-order valence-electron chi connectivity index (χ0n) is 16.0. The number of nitrogens with zero attached hydrogens (tertiary/aromatic N) is 3. The molecule has 7 nitrogen and oxygen atoms in total. The predicted molar refractivity (Wildman–Crippen MR) is 104 cm³/mol. The number of hydrogen-bond acceptors (Lipinski definition) is 5. The summed E-state index contributed by atoms with van der Waals surface area (Å²) in [6.07, 6.45) is 5.08. The van der Waals surface area contributed by atoms with Crippen LogP contribution >= 0.6 is 0 Å². The van der Waals surface area contributed by atoms with Gasteiger partial charge in [0.2, 0.25) is 5.88 Å². The lowest BCUT2D eigenvalue weighted by atomic mass is 10.1. The van der Waals surface area contributed by atoms with Gasteiger partial charge in [0.25, 0.3) is 0 Å². The summed E-state index contributed by atoms with van der Waals surface area (Å²) >= 11 is 0. The summed E-state index contributed by atoms with van der Waals surface area (Å²) in [7, 11) is 0. The normalized spacial score (nSPS) is 10.6. The van der Waals surface area contributed by atoms with Crippen LogP contribution in [0.15, 0.2) is 48.8 Å². The molecular weight excluding hydrogens is 358 g/mol. The summed E-state index contributed by atoms with van der Waals surface area (Å²) in [6, 6.07) is 10.6. The molecule has 1 aromatic carbocycles. The van der Waals surface area contributed by atoms with Crippen molar-refractivity contribution in [1.29, 1.82) is 0 Å². The molecule has 0 saturated heterocycles. The van der Waals surface area contributed by atoms with Gasteiger partial charge in [-0.3, -0.25) is 0 Å². The van der Waals surface area contributed by atoms with Crippen LogP contribution in [-0.2, 0) is 6.61 Å². The summed E-state index contributed by atoms with van der Waals surface area (Å²) in [5.41, 5.74) is 2.19. The summed E-state index contributed by atoms with van der Waals surface area (Å²) < 4.78 is 13.3. The highest BCUT2D eigenvalue weighted by molar-refractivity contribution is 5.87. The second-order valence-electron chi connectivity index (χ2n) is 6.39. The topological polar surface area (TPSA) is 86.5 Å². The highest BCUT2D eigenvalue weighted by Gasteiger charge is 2.12. The molecule has 2 heterocycles. The molecule has 0 aliphatic heterocycles. The van der Waals surface area contributed by atoms with Gasteiger partial charge >= 0.3 is 5.97 Å². The molecule has 2 aromatic heterocycles. The molecule has 0 spiro atoms. The number of rotatable bonds is 9. The van der Waals surface area contributed by atoms with Crippen molar-refractivity contribution in [3.8, 4) is 17.4 Å². The Morgan fingerprint density at radius 2 is 2.00 bits per heavy atom. The van der Waals surface area contributed by atoms with Crippen molar-refractivity contribution < 1.29 is 19.4 Å². The summed E-state index contributed by atoms with van der Waals surface area (Å²) in [6.45, 7) is 5.11. The number of aromatic nitrogens is 3. The lowest BCUT2D eigenvalue weighted by Gasteiger charge is -2.14. The lowest BCUT2D eigenvalue weighted by molar-refractivity contribution is 0.0696. The van der Waals surface area contributed by atoms with Gasteiger partial charge in [-0.25, -0.2) is 9.78 Å². The minimum absolute atomic E-state index is 0.136. The SMILES string of the molecule is CCCCOc1cc(C)ccc1COc1ccnn1-c1cc(C(=O)O)ccn1. The molecule has 1 N–H and O–H groups in total. The average Bonchev–Trinajstić information content (AvgIpc) is 3.16. The average molecular weight is 381 g/mol. The third-order valence-electron chi connectivity index (χ3n) is 4.17. The Bertz CT molecular complexity index is 952. The second-order valence-corrected chi connectivity index (χ2v) is 6.39. The van der Waals surface area contributed by atoms with E-state index in [1.54, 1.807) is 12.3 Å². The Morgan fingerprint density at radius 3 is 2.79 bits per heavy atom. The molecule has 0 radical (unpaired) electrons. The van der Waals surface area contributed by atoms with Crippen LogP contribution < -0.4 is 9.47 Å². The number of carboxylic acids is 1. The number of ether oxygens (including phenoxy) is 2. The maximum atomic E-state index is 11.2. The first-order chi connectivity index (χ1) is 13.6. The van der Waals surface area contributed by atoms with Gasteiger partial charge in [0, 0.05) is 17.8 Å². The van der Waals surface area contributed by atoms with E-state index in [2.05, 4.69) is 17.0 Å². The van der Waals surface area contributed by atoms with E-state index in [0.717, 1.165) is 29.7 Å². The van der Waals surface area contributed by atoms with E-state index >= 15 is 0 Å². The van der Waals surface area contributed by atoms with E-state index in [4.69, 9.17) is 14.6 Å². The molecule has 0 aliphatic carbocycles. The molecule has 0 unspecified atom stereocenters. The number of pyridine rings is 1. The van der Waals surface area contributed by atoms with Crippen LogP contribution in [0.2, 0.25) is 0 Å². The molecule has 146 valence electrons. The van der Waals surface area contributed by atoms with Crippen molar-refractivity contribution in [2.24, 2.45) is 0 Å². The second kappa shape index (κ2) is 9.03. The number of aryl methyl sites for hydroxylation is 1. The van der Waals surface area contributed by atoms with Crippen LogP contribution in [0.3, 0.4) is 0 Å². The van der Waals surface area contributed by atoms with Crippen LogP contribution in [0, 0.1) is 6.92 Å². The van der Waals surface area contributed by atoms with Crippen molar-refractivity contribution in [2.75, 3.05) is 6.61 Å².